The van der Waals surface area contributed by atoms with E-state index in [1.165, 1.54) is 6.92 Å². The lowest BCUT2D eigenvalue weighted by Gasteiger charge is -2.09. The highest BCUT2D eigenvalue weighted by molar-refractivity contribution is 9.10. The summed E-state index contributed by atoms with van der Waals surface area (Å²) in [7, 11) is 0. The van der Waals surface area contributed by atoms with Crippen LogP contribution in [0.25, 0.3) is 0 Å². The standard InChI is InChI=1S/C16H14BrNO3/c1-11(19)12-6-8-13(9-7-12)21-10-16(20)18-15-5-3-2-4-14(15)17/h2-9H,10H2,1H3,(H,18,20). The van der Waals surface area contributed by atoms with Crippen LogP contribution in [0.3, 0.4) is 0 Å². The molecule has 2 aromatic carbocycles. The van der Waals surface area contributed by atoms with E-state index in [-0.39, 0.29) is 18.3 Å². The molecule has 0 bridgehead atoms. The number of amides is 1. The molecule has 2 rings (SSSR count). The second-order valence-electron chi connectivity index (χ2n) is 4.40. The molecule has 0 spiro atoms. The second-order valence-corrected chi connectivity index (χ2v) is 5.25. The van der Waals surface area contributed by atoms with E-state index >= 15 is 0 Å². The van der Waals surface area contributed by atoms with Crippen LogP contribution in [-0.4, -0.2) is 18.3 Å². The number of rotatable bonds is 5. The Morgan fingerprint density at radius 1 is 1.10 bits per heavy atom. The molecule has 0 saturated heterocycles. The zero-order valence-electron chi connectivity index (χ0n) is 11.4. The third-order valence-corrected chi connectivity index (χ3v) is 3.47. The zero-order valence-corrected chi connectivity index (χ0v) is 13.0. The van der Waals surface area contributed by atoms with Crippen molar-refractivity contribution in [3.8, 4) is 5.75 Å². The minimum Gasteiger partial charge on any atom is -0.484 e. The van der Waals surface area contributed by atoms with Gasteiger partial charge in [0.15, 0.2) is 12.4 Å². The van der Waals surface area contributed by atoms with Gasteiger partial charge >= 0.3 is 0 Å². The predicted octanol–water partition coefficient (Wildman–Crippen LogP) is 3.67. The number of para-hydroxylation sites is 1. The molecule has 0 aromatic heterocycles. The van der Waals surface area contributed by atoms with Crippen LogP contribution in [0.5, 0.6) is 5.75 Å². The van der Waals surface area contributed by atoms with Gasteiger partial charge in [0.1, 0.15) is 5.75 Å². The molecule has 0 aliphatic rings. The molecular formula is C16H14BrNO3. The first-order valence-corrected chi connectivity index (χ1v) is 7.14. The Morgan fingerprint density at radius 2 is 1.76 bits per heavy atom. The lowest BCUT2D eigenvalue weighted by molar-refractivity contribution is -0.118. The molecule has 1 N–H and O–H groups in total. The van der Waals surface area contributed by atoms with Crippen LogP contribution in [-0.2, 0) is 4.79 Å². The van der Waals surface area contributed by atoms with E-state index in [9.17, 15) is 9.59 Å². The van der Waals surface area contributed by atoms with E-state index in [2.05, 4.69) is 21.2 Å². The van der Waals surface area contributed by atoms with E-state index in [4.69, 9.17) is 4.74 Å². The Bertz CT molecular complexity index is 653. The third kappa shape index (κ3) is 4.43. The Kier molecular flexibility index (Phi) is 5.11. The molecule has 4 nitrogen and oxygen atoms in total. The maximum absolute atomic E-state index is 11.8. The number of anilines is 1. The van der Waals surface area contributed by atoms with Crippen molar-refractivity contribution in [2.45, 2.75) is 6.92 Å². The number of ketones is 1. The van der Waals surface area contributed by atoms with E-state index in [0.717, 1.165) is 4.47 Å². The molecule has 0 saturated carbocycles. The summed E-state index contributed by atoms with van der Waals surface area (Å²) < 4.78 is 6.19. The average molecular weight is 348 g/mol. The number of Topliss-reactive ketones (excluding diaryl/α,β-unsaturated/α-hetero) is 1. The van der Waals surface area contributed by atoms with Gasteiger partial charge in [-0.15, -0.1) is 0 Å². The van der Waals surface area contributed by atoms with Crippen molar-refractivity contribution in [1.29, 1.82) is 0 Å². The van der Waals surface area contributed by atoms with Gasteiger partial charge in [0.05, 0.1) is 5.69 Å². The maximum atomic E-state index is 11.8. The molecule has 5 heteroatoms. The minimum atomic E-state index is -0.252. The normalized spacial score (nSPS) is 10.0. The van der Waals surface area contributed by atoms with Crippen molar-refractivity contribution in [1.82, 2.24) is 0 Å². The summed E-state index contributed by atoms with van der Waals surface area (Å²) in [5, 5.41) is 2.75. The maximum Gasteiger partial charge on any atom is 0.262 e. The fourth-order valence-corrected chi connectivity index (χ4v) is 2.07. The monoisotopic (exact) mass is 347 g/mol. The summed E-state index contributed by atoms with van der Waals surface area (Å²) in [5.74, 6) is 0.285. The average Bonchev–Trinajstić information content (AvgIpc) is 2.48. The Morgan fingerprint density at radius 3 is 2.38 bits per heavy atom. The van der Waals surface area contributed by atoms with Crippen molar-refractivity contribution >= 4 is 33.3 Å². The molecule has 108 valence electrons. The summed E-state index contributed by atoms with van der Waals surface area (Å²) in [4.78, 5) is 23.0. The fraction of sp³-hybridized carbons (Fsp3) is 0.125. The Labute approximate surface area is 131 Å². The molecule has 0 aliphatic carbocycles. The van der Waals surface area contributed by atoms with Gasteiger partial charge < -0.3 is 10.1 Å². The molecule has 0 atom stereocenters. The summed E-state index contributed by atoms with van der Waals surface area (Å²) in [6.07, 6.45) is 0. The quantitative estimate of drug-likeness (QED) is 0.839. The van der Waals surface area contributed by atoms with Crippen molar-refractivity contribution in [2.75, 3.05) is 11.9 Å². The number of halogens is 1. The number of carbonyl (C=O) groups is 2. The summed E-state index contributed by atoms with van der Waals surface area (Å²) in [6.45, 7) is 1.40. The van der Waals surface area contributed by atoms with E-state index in [0.29, 0.717) is 17.0 Å². The van der Waals surface area contributed by atoms with E-state index in [1.54, 1.807) is 30.3 Å². The van der Waals surface area contributed by atoms with E-state index in [1.807, 2.05) is 18.2 Å². The molecule has 21 heavy (non-hydrogen) atoms. The summed E-state index contributed by atoms with van der Waals surface area (Å²) >= 11 is 3.35. The fourth-order valence-electron chi connectivity index (χ4n) is 1.68. The Balaban J connectivity index is 1.89. The van der Waals surface area contributed by atoms with Gasteiger partial charge in [0.2, 0.25) is 0 Å². The van der Waals surface area contributed by atoms with Crippen LogP contribution >= 0.6 is 15.9 Å². The number of hydrogen-bond acceptors (Lipinski definition) is 3. The largest absolute Gasteiger partial charge is 0.484 e. The van der Waals surface area contributed by atoms with E-state index < -0.39 is 0 Å². The van der Waals surface area contributed by atoms with Crippen LogP contribution < -0.4 is 10.1 Å². The number of hydrogen-bond donors (Lipinski definition) is 1. The Hall–Kier alpha value is -2.14. The molecule has 0 fully saturated rings. The predicted molar refractivity (Wildman–Crippen MR) is 84.7 cm³/mol. The first kappa shape index (κ1) is 15.3. The smallest absolute Gasteiger partial charge is 0.262 e. The third-order valence-electron chi connectivity index (χ3n) is 2.78. The number of benzene rings is 2. The van der Waals surface area contributed by atoms with Crippen molar-refractivity contribution in [2.24, 2.45) is 0 Å². The van der Waals surface area contributed by atoms with Crippen LogP contribution in [0, 0.1) is 0 Å². The second kappa shape index (κ2) is 7.04. The molecule has 2 aromatic rings. The van der Waals surface area contributed by atoms with Gasteiger partial charge in [0, 0.05) is 10.0 Å². The summed E-state index contributed by atoms with van der Waals surface area (Å²) in [6, 6.07) is 14.0. The van der Waals surface area contributed by atoms with Gasteiger partial charge in [-0.1, -0.05) is 12.1 Å². The van der Waals surface area contributed by atoms with Crippen LogP contribution in [0.15, 0.2) is 53.0 Å². The lowest BCUT2D eigenvalue weighted by atomic mass is 10.1. The molecule has 1 amide bonds. The van der Waals surface area contributed by atoms with Crippen LogP contribution in [0.1, 0.15) is 17.3 Å². The van der Waals surface area contributed by atoms with Gasteiger partial charge in [-0.05, 0) is 59.3 Å². The number of carbonyl (C=O) groups excluding carboxylic acids is 2. The molecule has 0 radical (unpaired) electrons. The first-order chi connectivity index (χ1) is 10.1. The van der Waals surface area contributed by atoms with Gasteiger partial charge in [-0.3, -0.25) is 9.59 Å². The van der Waals surface area contributed by atoms with Crippen molar-refractivity contribution in [3.63, 3.8) is 0 Å². The number of ether oxygens (including phenoxy) is 1. The van der Waals surface area contributed by atoms with Crippen molar-refractivity contribution in [3.05, 3.63) is 58.6 Å². The van der Waals surface area contributed by atoms with Gasteiger partial charge in [-0.25, -0.2) is 0 Å². The number of nitrogens with one attached hydrogen (secondary N) is 1. The lowest BCUT2D eigenvalue weighted by Crippen LogP contribution is -2.20. The topological polar surface area (TPSA) is 55.4 Å². The van der Waals surface area contributed by atoms with Crippen LogP contribution in [0.2, 0.25) is 0 Å². The molecule has 0 aliphatic heterocycles. The van der Waals surface area contributed by atoms with Crippen molar-refractivity contribution < 1.29 is 14.3 Å². The van der Waals surface area contributed by atoms with Gasteiger partial charge in [0.25, 0.3) is 5.91 Å². The molecule has 0 unspecified atom stereocenters. The highest BCUT2D eigenvalue weighted by atomic mass is 79.9. The van der Waals surface area contributed by atoms with Gasteiger partial charge in [-0.2, -0.15) is 0 Å². The SMILES string of the molecule is CC(=O)c1ccc(OCC(=O)Nc2ccccc2Br)cc1. The minimum absolute atomic E-state index is 0.00628. The first-order valence-electron chi connectivity index (χ1n) is 6.34. The summed E-state index contributed by atoms with van der Waals surface area (Å²) in [5.41, 5.74) is 1.30. The zero-order chi connectivity index (χ0) is 15.2. The molecular weight excluding hydrogens is 334 g/mol. The molecule has 0 heterocycles. The highest BCUT2D eigenvalue weighted by Gasteiger charge is 2.06. The van der Waals surface area contributed by atoms with Crippen LogP contribution in [0.4, 0.5) is 5.69 Å². The highest BCUT2D eigenvalue weighted by Crippen LogP contribution is 2.21.